The monoisotopic (exact) mass is 405 g/mol. The molecule has 0 radical (unpaired) electrons. The van der Waals surface area contributed by atoms with Crippen LogP contribution in [0.1, 0.15) is 17.5 Å². The average molecular weight is 405 g/mol. The van der Waals surface area contributed by atoms with Crippen LogP contribution < -0.4 is 19.7 Å². The summed E-state index contributed by atoms with van der Waals surface area (Å²) in [5.74, 6) is 1.54. The van der Waals surface area contributed by atoms with Crippen LogP contribution in [-0.2, 0) is 11.0 Å². The molecule has 1 saturated heterocycles. The number of hydrogen-bond donors (Lipinski definition) is 1. The van der Waals surface area contributed by atoms with Crippen molar-refractivity contribution in [2.24, 2.45) is 0 Å². The average Bonchev–Trinajstić information content (AvgIpc) is 3.34. The number of alkyl halides is 3. The fourth-order valence-corrected chi connectivity index (χ4v) is 3.26. The lowest BCUT2D eigenvalue weighted by Gasteiger charge is -2.18. The normalized spacial score (nSPS) is 18.4. The minimum atomic E-state index is -4.41. The number of halogens is 3. The van der Waals surface area contributed by atoms with Crippen molar-refractivity contribution in [1.82, 2.24) is 10.3 Å². The molecule has 1 aromatic heterocycles. The Bertz CT molecular complexity index is 929. The molecule has 2 aliphatic heterocycles. The highest BCUT2D eigenvalue weighted by Gasteiger charge is 2.31. The summed E-state index contributed by atoms with van der Waals surface area (Å²) in [6, 6.07) is 7.67. The zero-order valence-corrected chi connectivity index (χ0v) is 15.3. The summed E-state index contributed by atoms with van der Waals surface area (Å²) in [6.45, 7) is 1.28. The lowest BCUT2D eigenvalue weighted by atomic mass is 10.2. The predicted molar refractivity (Wildman–Crippen MR) is 99.6 cm³/mol. The van der Waals surface area contributed by atoms with Gasteiger partial charge in [0.15, 0.2) is 11.5 Å². The minimum Gasteiger partial charge on any atom is -0.454 e. The van der Waals surface area contributed by atoms with E-state index >= 15 is 0 Å². The number of amides is 1. The molecule has 0 unspecified atom stereocenters. The van der Waals surface area contributed by atoms with Gasteiger partial charge in [0.2, 0.25) is 12.7 Å². The third-order valence-electron chi connectivity index (χ3n) is 4.76. The first-order chi connectivity index (χ1) is 13.9. The SMILES string of the molecule is O=C(/C=C/c1ccc2c(c1)OCO2)N[C@H]1CCN(c2ccc(C(F)(F)F)cn2)C1. The highest BCUT2D eigenvalue weighted by Crippen LogP contribution is 2.33. The molecule has 0 aliphatic carbocycles. The first kappa shape index (κ1) is 19.1. The number of anilines is 1. The molecule has 4 rings (SSSR count). The van der Waals surface area contributed by atoms with Crippen LogP contribution in [0.4, 0.5) is 19.0 Å². The van der Waals surface area contributed by atoms with Gasteiger partial charge in [-0.25, -0.2) is 4.98 Å². The second-order valence-electron chi connectivity index (χ2n) is 6.79. The van der Waals surface area contributed by atoms with Crippen LogP contribution in [0.2, 0.25) is 0 Å². The molecule has 152 valence electrons. The maximum Gasteiger partial charge on any atom is 0.417 e. The molecule has 1 amide bonds. The van der Waals surface area contributed by atoms with E-state index in [1.807, 2.05) is 11.0 Å². The number of ether oxygens (including phenoxy) is 2. The fourth-order valence-electron chi connectivity index (χ4n) is 3.26. The van der Waals surface area contributed by atoms with Crippen LogP contribution in [0.15, 0.2) is 42.6 Å². The van der Waals surface area contributed by atoms with E-state index in [9.17, 15) is 18.0 Å². The molecule has 1 N–H and O–H groups in total. The highest BCUT2D eigenvalue weighted by molar-refractivity contribution is 5.92. The first-order valence-corrected chi connectivity index (χ1v) is 9.05. The van der Waals surface area contributed by atoms with Crippen molar-refractivity contribution in [1.29, 1.82) is 0 Å². The highest BCUT2D eigenvalue weighted by atomic mass is 19.4. The molecule has 2 aromatic rings. The number of aromatic nitrogens is 1. The summed E-state index contributed by atoms with van der Waals surface area (Å²) in [6.07, 6.45) is 0.233. The maximum absolute atomic E-state index is 12.6. The largest absolute Gasteiger partial charge is 0.454 e. The van der Waals surface area contributed by atoms with E-state index in [-0.39, 0.29) is 18.7 Å². The maximum atomic E-state index is 12.6. The van der Waals surface area contributed by atoms with Gasteiger partial charge in [-0.15, -0.1) is 0 Å². The number of benzene rings is 1. The van der Waals surface area contributed by atoms with E-state index in [4.69, 9.17) is 9.47 Å². The smallest absolute Gasteiger partial charge is 0.417 e. The predicted octanol–water partition coefficient (Wildman–Crippen LogP) is 3.24. The molecule has 1 aromatic carbocycles. The van der Waals surface area contributed by atoms with E-state index in [1.54, 1.807) is 18.2 Å². The van der Waals surface area contributed by atoms with Gasteiger partial charge in [0, 0.05) is 31.4 Å². The molecule has 1 atom stereocenters. The Labute approximate surface area is 164 Å². The number of rotatable bonds is 4. The van der Waals surface area contributed by atoms with Crippen molar-refractivity contribution in [3.63, 3.8) is 0 Å². The van der Waals surface area contributed by atoms with Crippen LogP contribution >= 0.6 is 0 Å². The third-order valence-corrected chi connectivity index (χ3v) is 4.76. The summed E-state index contributed by atoms with van der Waals surface area (Å²) in [5.41, 5.74) is 0.0327. The third kappa shape index (κ3) is 4.44. The Morgan fingerprint density at radius 1 is 1.21 bits per heavy atom. The number of pyridine rings is 1. The van der Waals surface area contributed by atoms with Gasteiger partial charge in [-0.1, -0.05) is 6.07 Å². The van der Waals surface area contributed by atoms with Gasteiger partial charge in [-0.05, 0) is 42.3 Å². The van der Waals surface area contributed by atoms with Gasteiger partial charge >= 0.3 is 6.18 Å². The molecule has 0 bridgehead atoms. The van der Waals surface area contributed by atoms with Crippen molar-refractivity contribution in [3.05, 3.63) is 53.7 Å². The van der Waals surface area contributed by atoms with Crippen molar-refractivity contribution < 1.29 is 27.4 Å². The standard InChI is InChI=1S/C20H18F3N3O3/c21-20(22,23)14-3-5-18(24-10-14)26-8-7-15(11-26)25-19(27)6-2-13-1-4-16-17(9-13)29-12-28-16/h1-6,9-10,15H,7-8,11-12H2,(H,25,27)/b6-2+/t15-/m0/s1. The molecular weight excluding hydrogens is 387 g/mol. The van der Waals surface area contributed by atoms with Crippen LogP contribution in [-0.4, -0.2) is 36.8 Å². The van der Waals surface area contributed by atoms with Crippen LogP contribution in [0, 0.1) is 0 Å². The quantitative estimate of drug-likeness (QED) is 0.792. The lowest BCUT2D eigenvalue weighted by molar-refractivity contribution is -0.137. The molecule has 0 saturated carbocycles. The van der Waals surface area contributed by atoms with Gasteiger partial charge in [0.25, 0.3) is 0 Å². The summed E-state index contributed by atoms with van der Waals surface area (Å²) >= 11 is 0. The molecule has 0 spiro atoms. The molecule has 29 heavy (non-hydrogen) atoms. The summed E-state index contributed by atoms with van der Waals surface area (Å²) in [7, 11) is 0. The van der Waals surface area contributed by atoms with Crippen molar-refractivity contribution >= 4 is 17.8 Å². The second kappa shape index (κ2) is 7.65. The zero-order chi connectivity index (χ0) is 20.4. The van der Waals surface area contributed by atoms with Crippen LogP contribution in [0.5, 0.6) is 11.5 Å². The van der Waals surface area contributed by atoms with Gasteiger partial charge in [-0.2, -0.15) is 13.2 Å². The molecule has 6 nitrogen and oxygen atoms in total. The topological polar surface area (TPSA) is 63.7 Å². The molecular formula is C20H18F3N3O3. The Kier molecular flexibility index (Phi) is 5.04. The number of carbonyl (C=O) groups is 1. The summed E-state index contributed by atoms with van der Waals surface area (Å²) in [4.78, 5) is 17.9. The number of hydrogen-bond acceptors (Lipinski definition) is 5. The zero-order valence-electron chi connectivity index (χ0n) is 15.3. The number of fused-ring (bicyclic) bond motifs is 1. The van der Waals surface area contributed by atoms with E-state index in [0.29, 0.717) is 36.8 Å². The Hall–Kier alpha value is -3.23. The minimum absolute atomic E-state index is 0.104. The Morgan fingerprint density at radius 2 is 2.03 bits per heavy atom. The Morgan fingerprint density at radius 3 is 2.79 bits per heavy atom. The van der Waals surface area contributed by atoms with E-state index in [0.717, 1.165) is 17.8 Å². The molecule has 1 fully saturated rings. The van der Waals surface area contributed by atoms with Crippen molar-refractivity contribution in [3.8, 4) is 11.5 Å². The van der Waals surface area contributed by atoms with Crippen LogP contribution in [0.3, 0.4) is 0 Å². The Balaban J connectivity index is 1.31. The molecule has 9 heteroatoms. The molecule has 3 heterocycles. The molecule has 2 aliphatic rings. The fraction of sp³-hybridized carbons (Fsp3) is 0.300. The first-order valence-electron chi connectivity index (χ1n) is 9.05. The lowest BCUT2D eigenvalue weighted by Crippen LogP contribution is -2.36. The number of nitrogens with one attached hydrogen (secondary N) is 1. The van der Waals surface area contributed by atoms with Gasteiger partial charge in [0.05, 0.1) is 5.56 Å². The van der Waals surface area contributed by atoms with Crippen molar-refractivity contribution in [2.75, 3.05) is 24.8 Å². The van der Waals surface area contributed by atoms with Crippen LogP contribution in [0.25, 0.3) is 6.08 Å². The summed E-state index contributed by atoms with van der Waals surface area (Å²) in [5, 5.41) is 2.91. The number of nitrogens with zero attached hydrogens (tertiary/aromatic N) is 2. The van der Waals surface area contributed by atoms with E-state index in [2.05, 4.69) is 10.3 Å². The van der Waals surface area contributed by atoms with E-state index < -0.39 is 11.7 Å². The summed E-state index contributed by atoms with van der Waals surface area (Å²) < 4.78 is 48.5. The second-order valence-corrected chi connectivity index (χ2v) is 6.79. The van der Waals surface area contributed by atoms with E-state index in [1.165, 1.54) is 12.1 Å². The number of carbonyl (C=O) groups excluding carboxylic acids is 1. The van der Waals surface area contributed by atoms with Gasteiger partial charge in [0.1, 0.15) is 5.82 Å². The van der Waals surface area contributed by atoms with Crippen molar-refractivity contribution in [2.45, 2.75) is 18.6 Å². The van der Waals surface area contributed by atoms with Gasteiger partial charge < -0.3 is 19.7 Å². The van der Waals surface area contributed by atoms with Gasteiger partial charge in [-0.3, -0.25) is 4.79 Å².